The number of pyridine rings is 1. The Morgan fingerprint density at radius 2 is 1.71 bits per heavy atom. The Labute approximate surface area is 169 Å². The Morgan fingerprint density at radius 1 is 1.04 bits per heavy atom. The van der Waals surface area contributed by atoms with Crippen molar-refractivity contribution in [2.45, 2.75) is 24.7 Å². The van der Waals surface area contributed by atoms with Crippen LogP contribution in [-0.2, 0) is 10.2 Å². The summed E-state index contributed by atoms with van der Waals surface area (Å²) in [4.78, 5) is 33.4. The summed E-state index contributed by atoms with van der Waals surface area (Å²) in [5.74, 6) is 0.299. The molecule has 7 heteroatoms. The number of carbonyl (C=O) groups excluding carboxylic acids is 2. The minimum atomic E-state index is -0.488. The number of rotatable bonds is 4. The molecule has 2 amide bonds. The van der Waals surface area contributed by atoms with Crippen LogP contribution < -0.4 is 10.6 Å². The lowest BCUT2D eigenvalue weighted by Crippen LogP contribution is -2.57. The van der Waals surface area contributed by atoms with Gasteiger partial charge in [0.2, 0.25) is 5.91 Å². The lowest BCUT2D eigenvalue weighted by molar-refractivity contribution is -0.141. The highest BCUT2D eigenvalue weighted by molar-refractivity contribution is 6.30. The third-order valence-corrected chi connectivity index (χ3v) is 6.18. The van der Waals surface area contributed by atoms with E-state index in [9.17, 15) is 9.59 Å². The third kappa shape index (κ3) is 3.22. The molecule has 0 spiro atoms. The zero-order chi connectivity index (χ0) is 19.7. The zero-order valence-corrected chi connectivity index (χ0v) is 16.4. The highest BCUT2D eigenvalue weighted by atomic mass is 35.5. The minimum absolute atomic E-state index is 0.192. The Balaban J connectivity index is 1.48. The molecule has 2 aliphatic rings. The lowest BCUT2D eigenvalue weighted by Gasteiger charge is -2.46. The second-order valence-corrected chi connectivity index (χ2v) is 7.90. The summed E-state index contributed by atoms with van der Waals surface area (Å²) >= 11 is 6.02. The highest BCUT2D eigenvalue weighted by Crippen LogP contribution is 2.45. The average Bonchev–Trinajstić information content (AvgIpc) is 2.68. The maximum absolute atomic E-state index is 13.4. The Kier molecular flexibility index (Phi) is 4.98. The van der Waals surface area contributed by atoms with E-state index in [0.29, 0.717) is 42.6 Å². The van der Waals surface area contributed by atoms with Crippen molar-refractivity contribution in [2.75, 3.05) is 31.1 Å². The SMILES string of the molecule is NC(=O)c1cccnc1N1CCN(C(=O)C2(c3ccc(Cl)cc3)CCC2)CC1. The summed E-state index contributed by atoms with van der Waals surface area (Å²) in [7, 11) is 0. The molecule has 2 aromatic rings. The number of anilines is 1. The van der Waals surface area contributed by atoms with E-state index in [1.165, 1.54) is 0 Å². The van der Waals surface area contributed by atoms with Gasteiger partial charge < -0.3 is 15.5 Å². The van der Waals surface area contributed by atoms with Crippen molar-refractivity contribution >= 4 is 29.2 Å². The predicted molar refractivity (Wildman–Crippen MR) is 109 cm³/mol. The van der Waals surface area contributed by atoms with Crippen molar-refractivity contribution in [3.8, 4) is 0 Å². The van der Waals surface area contributed by atoms with Gasteiger partial charge in [-0.25, -0.2) is 4.98 Å². The summed E-state index contributed by atoms with van der Waals surface area (Å²) in [5.41, 5.74) is 6.52. The molecule has 1 aromatic heterocycles. The number of piperazine rings is 1. The minimum Gasteiger partial charge on any atom is -0.365 e. The first-order chi connectivity index (χ1) is 13.5. The molecule has 2 fully saturated rings. The van der Waals surface area contributed by atoms with Crippen molar-refractivity contribution in [1.82, 2.24) is 9.88 Å². The summed E-state index contributed by atoms with van der Waals surface area (Å²) in [5, 5.41) is 0.680. The molecule has 146 valence electrons. The van der Waals surface area contributed by atoms with Gasteiger partial charge >= 0.3 is 0 Å². The normalized spacial score (nSPS) is 18.5. The van der Waals surface area contributed by atoms with Crippen molar-refractivity contribution in [3.63, 3.8) is 0 Å². The van der Waals surface area contributed by atoms with Gasteiger partial charge in [-0.3, -0.25) is 9.59 Å². The number of amides is 2. The number of hydrogen-bond acceptors (Lipinski definition) is 4. The van der Waals surface area contributed by atoms with Gasteiger partial charge in [0.15, 0.2) is 0 Å². The first-order valence-electron chi connectivity index (χ1n) is 9.56. The van der Waals surface area contributed by atoms with Gasteiger partial charge in [0.25, 0.3) is 5.91 Å². The molecule has 2 heterocycles. The van der Waals surface area contributed by atoms with E-state index in [2.05, 4.69) is 4.98 Å². The van der Waals surface area contributed by atoms with Crippen LogP contribution in [0.3, 0.4) is 0 Å². The molecular formula is C21H23ClN4O2. The molecule has 1 aromatic carbocycles. The van der Waals surface area contributed by atoms with Gasteiger partial charge in [0.1, 0.15) is 5.82 Å². The summed E-state index contributed by atoms with van der Waals surface area (Å²) in [6.07, 6.45) is 4.47. The second-order valence-electron chi connectivity index (χ2n) is 7.46. The first kappa shape index (κ1) is 18.7. The van der Waals surface area contributed by atoms with Crippen molar-refractivity contribution in [2.24, 2.45) is 5.73 Å². The first-order valence-corrected chi connectivity index (χ1v) is 9.94. The van der Waals surface area contributed by atoms with Gasteiger partial charge in [0.05, 0.1) is 11.0 Å². The largest absolute Gasteiger partial charge is 0.365 e. The monoisotopic (exact) mass is 398 g/mol. The van der Waals surface area contributed by atoms with E-state index in [1.807, 2.05) is 34.1 Å². The van der Waals surface area contributed by atoms with Crippen LogP contribution in [0, 0.1) is 0 Å². The number of primary amides is 1. The van der Waals surface area contributed by atoms with E-state index in [1.54, 1.807) is 18.3 Å². The molecule has 0 bridgehead atoms. The van der Waals surface area contributed by atoms with Crippen LogP contribution >= 0.6 is 11.6 Å². The van der Waals surface area contributed by atoms with Gasteiger partial charge in [-0.2, -0.15) is 0 Å². The molecule has 1 aliphatic carbocycles. The average molecular weight is 399 g/mol. The number of nitrogens with two attached hydrogens (primary N) is 1. The number of aromatic nitrogens is 1. The molecule has 1 saturated carbocycles. The van der Waals surface area contributed by atoms with Gasteiger partial charge in [-0.05, 0) is 42.7 Å². The van der Waals surface area contributed by atoms with Gasteiger partial charge in [0, 0.05) is 37.4 Å². The van der Waals surface area contributed by atoms with Crippen molar-refractivity contribution in [1.29, 1.82) is 0 Å². The van der Waals surface area contributed by atoms with Crippen LogP contribution in [0.5, 0.6) is 0 Å². The number of benzene rings is 1. The third-order valence-electron chi connectivity index (χ3n) is 5.93. The van der Waals surface area contributed by atoms with E-state index in [0.717, 1.165) is 24.8 Å². The van der Waals surface area contributed by atoms with Gasteiger partial charge in [-0.15, -0.1) is 0 Å². The molecular weight excluding hydrogens is 376 g/mol. The smallest absolute Gasteiger partial charge is 0.252 e. The van der Waals surface area contributed by atoms with E-state index in [-0.39, 0.29) is 5.91 Å². The summed E-state index contributed by atoms with van der Waals surface area (Å²) in [6.45, 7) is 2.45. The summed E-state index contributed by atoms with van der Waals surface area (Å²) in [6, 6.07) is 11.1. The Hall–Kier alpha value is -2.60. The van der Waals surface area contributed by atoms with E-state index >= 15 is 0 Å². The molecule has 4 rings (SSSR count). The standard InChI is InChI=1S/C21H23ClN4O2/c22-16-6-4-15(5-7-16)21(8-2-9-21)20(28)26-13-11-25(12-14-26)19-17(18(23)27)3-1-10-24-19/h1,3-7,10H,2,8-9,11-14H2,(H2,23,27). The van der Waals surface area contributed by atoms with Gasteiger partial charge in [-0.1, -0.05) is 30.2 Å². The number of halogens is 1. The zero-order valence-electron chi connectivity index (χ0n) is 15.6. The van der Waals surface area contributed by atoms with E-state index < -0.39 is 11.3 Å². The van der Waals surface area contributed by atoms with Crippen LogP contribution in [0.1, 0.15) is 35.2 Å². The fraction of sp³-hybridized carbons (Fsp3) is 0.381. The summed E-state index contributed by atoms with van der Waals surface area (Å²) < 4.78 is 0. The predicted octanol–water partition coefficient (Wildman–Crippen LogP) is 2.60. The van der Waals surface area contributed by atoms with Crippen LogP contribution in [0.25, 0.3) is 0 Å². The molecule has 0 unspecified atom stereocenters. The van der Waals surface area contributed by atoms with E-state index in [4.69, 9.17) is 17.3 Å². The Morgan fingerprint density at radius 3 is 2.29 bits per heavy atom. The molecule has 6 nitrogen and oxygen atoms in total. The molecule has 0 atom stereocenters. The quantitative estimate of drug-likeness (QED) is 0.858. The fourth-order valence-electron chi connectivity index (χ4n) is 4.19. The fourth-order valence-corrected chi connectivity index (χ4v) is 4.32. The number of hydrogen-bond donors (Lipinski definition) is 1. The molecule has 1 aliphatic heterocycles. The second kappa shape index (κ2) is 7.43. The number of nitrogens with zero attached hydrogens (tertiary/aromatic N) is 3. The van der Waals surface area contributed by atoms with Crippen molar-refractivity contribution in [3.05, 3.63) is 58.7 Å². The van der Waals surface area contributed by atoms with Crippen LogP contribution in [0.4, 0.5) is 5.82 Å². The molecule has 0 radical (unpaired) electrons. The van der Waals surface area contributed by atoms with Crippen molar-refractivity contribution < 1.29 is 9.59 Å². The highest BCUT2D eigenvalue weighted by Gasteiger charge is 2.48. The number of carbonyl (C=O) groups is 2. The van der Waals surface area contributed by atoms with Crippen LogP contribution in [0.2, 0.25) is 5.02 Å². The molecule has 2 N–H and O–H groups in total. The maximum atomic E-state index is 13.4. The maximum Gasteiger partial charge on any atom is 0.252 e. The Bertz CT molecular complexity index is 888. The molecule has 1 saturated heterocycles. The van der Waals surface area contributed by atoms with Crippen LogP contribution in [-0.4, -0.2) is 47.9 Å². The topological polar surface area (TPSA) is 79.5 Å². The lowest BCUT2D eigenvalue weighted by atomic mass is 9.63. The van der Waals surface area contributed by atoms with Crippen LogP contribution in [0.15, 0.2) is 42.6 Å². The molecule has 28 heavy (non-hydrogen) atoms.